The van der Waals surface area contributed by atoms with E-state index in [1.165, 1.54) is 11.1 Å². The molecule has 0 amide bonds. The molecule has 0 aromatic heterocycles. The fourth-order valence-electron chi connectivity index (χ4n) is 2.65. The smallest absolute Gasteiger partial charge is 0.101 e. The molecule has 0 aliphatic heterocycles. The van der Waals surface area contributed by atoms with E-state index in [2.05, 4.69) is 52.0 Å². The molecular weight excluding hydrogens is 239 g/mol. The third kappa shape index (κ3) is 1.50. The van der Waals surface area contributed by atoms with Gasteiger partial charge in [-0.15, -0.1) is 23.2 Å². The molecule has 2 rings (SSSR count). The Hall–Kier alpha value is -0.200. The summed E-state index contributed by atoms with van der Waals surface area (Å²) in [5.41, 5.74) is 2.63. The minimum atomic E-state index is -0.571. The number of rotatable bonds is 2. The summed E-state index contributed by atoms with van der Waals surface area (Å²) in [5, 5.41) is 0. The minimum Gasteiger partial charge on any atom is -0.101 e. The average Bonchev–Trinajstić information content (AvgIpc) is 2.68. The summed E-state index contributed by atoms with van der Waals surface area (Å²) in [6.07, 6.45) is 0.866. The van der Waals surface area contributed by atoms with Gasteiger partial charge in [-0.1, -0.05) is 45.0 Å². The molecule has 2 heteroatoms. The van der Waals surface area contributed by atoms with Crippen LogP contribution >= 0.6 is 23.2 Å². The van der Waals surface area contributed by atoms with Gasteiger partial charge in [-0.2, -0.15) is 0 Å². The standard InChI is InChI=1S/C14H18Cl2/c1-10-7-5-6-8-11(10)12(2,3)13(4)9-14(13,15)16/h5-8H,9H2,1-4H3. The first-order valence-corrected chi connectivity index (χ1v) is 6.42. The highest BCUT2D eigenvalue weighted by molar-refractivity contribution is 6.51. The topological polar surface area (TPSA) is 0 Å². The van der Waals surface area contributed by atoms with Gasteiger partial charge in [0.05, 0.1) is 0 Å². The summed E-state index contributed by atoms with van der Waals surface area (Å²) < 4.78 is -0.571. The van der Waals surface area contributed by atoms with Crippen LogP contribution < -0.4 is 0 Å². The Balaban J connectivity index is 2.45. The zero-order chi connectivity index (χ0) is 12.2. The summed E-state index contributed by atoms with van der Waals surface area (Å²) in [4.78, 5) is 0. The number of benzene rings is 1. The van der Waals surface area contributed by atoms with Crippen LogP contribution in [0.3, 0.4) is 0 Å². The van der Waals surface area contributed by atoms with Crippen LogP contribution in [0.2, 0.25) is 0 Å². The van der Waals surface area contributed by atoms with Crippen LogP contribution in [-0.2, 0) is 5.41 Å². The van der Waals surface area contributed by atoms with Crippen molar-refractivity contribution in [2.24, 2.45) is 5.41 Å². The monoisotopic (exact) mass is 256 g/mol. The number of halogens is 2. The lowest BCUT2D eigenvalue weighted by atomic mass is 9.70. The van der Waals surface area contributed by atoms with Gasteiger partial charge < -0.3 is 0 Å². The van der Waals surface area contributed by atoms with E-state index in [0.717, 1.165) is 6.42 Å². The van der Waals surface area contributed by atoms with E-state index in [-0.39, 0.29) is 10.8 Å². The molecule has 1 aromatic carbocycles. The van der Waals surface area contributed by atoms with Gasteiger partial charge in [-0.3, -0.25) is 0 Å². The molecule has 1 saturated carbocycles. The first kappa shape index (κ1) is 12.3. The normalized spacial score (nSPS) is 27.9. The van der Waals surface area contributed by atoms with Crippen molar-refractivity contribution in [3.63, 3.8) is 0 Å². The molecule has 0 bridgehead atoms. The molecule has 1 aromatic rings. The number of hydrogen-bond donors (Lipinski definition) is 0. The molecule has 16 heavy (non-hydrogen) atoms. The Kier molecular flexibility index (Phi) is 2.60. The van der Waals surface area contributed by atoms with Crippen molar-refractivity contribution in [2.75, 3.05) is 0 Å². The fraction of sp³-hybridized carbons (Fsp3) is 0.571. The van der Waals surface area contributed by atoms with Gasteiger partial charge in [-0.25, -0.2) is 0 Å². The predicted molar refractivity (Wildman–Crippen MR) is 71.4 cm³/mol. The largest absolute Gasteiger partial charge is 0.125 e. The van der Waals surface area contributed by atoms with Gasteiger partial charge >= 0.3 is 0 Å². The highest BCUT2D eigenvalue weighted by atomic mass is 35.5. The van der Waals surface area contributed by atoms with Gasteiger partial charge in [0, 0.05) is 5.41 Å². The SMILES string of the molecule is Cc1ccccc1C(C)(C)C1(C)CC1(Cl)Cl. The first-order chi connectivity index (χ1) is 7.22. The summed E-state index contributed by atoms with van der Waals surface area (Å²) in [5.74, 6) is 0. The lowest BCUT2D eigenvalue weighted by Crippen LogP contribution is -2.32. The maximum atomic E-state index is 6.30. The molecule has 0 heterocycles. The maximum Gasteiger partial charge on any atom is 0.125 e. The van der Waals surface area contributed by atoms with Crippen LogP contribution in [0.5, 0.6) is 0 Å². The van der Waals surface area contributed by atoms with Crippen molar-refractivity contribution < 1.29 is 0 Å². The summed E-state index contributed by atoms with van der Waals surface area (Å²) >= 11 is 12.6. The highest BCUT2D eigenvalue weighted by Crippen LogP contribution is 2.71. The van der Waals surface area contributed by atoms with Crippen molar-refractivity contribution in [3.05, 3.63) is 35.4 Å². The molecule has 0 saturated heterocycles. The molecule has 0 nitrogen and oxygen atoms in total. The molecule has 0 N–H and O–H groups in total. The third-order valence-electron chi connectivity index (χ3n) is 4.46. The van der Waals surface area contributed by atoms with E-state index >= 15 is 0 Å². The highest BCUT2D eigenvalue weighted by Gasteiger charge is 2.69. The van der Waals surface area contributed by atoms with E-state index in [9.17, 15) is 0 Å². The van der Waals surface area contributed by atoms with Crippen LogP contribution in [0, 0.1) is 12.3 Å². The quantitative estimate of drug-likeness (QED) is 0.664. The predicted octanol–water partition coefficient (Wildman–Crippen LogP) is 4.86. The van der Waals surface area contributed by atoms with Crippen molar-refractivity contribution in [1.82, 2.24) is 0 Å². The average molecular weight is 257 g/mol. The summed E-state index contributed by atoms with van der Waals surface area (Å²) in [7, 11) is 0. The number of hydrogen-bond acceptors (Lipinski definition) is 0. The second-order valence-electron chi connectivity index (χ2n) is 5.65. The molecule has 0 spiro atoms. The van der Waals surface area contributed by atoms with Crippen molar-refractivity contribution in [2.45, 2.75) is 43.9 Å². The second kappa shape index (κ2) is 3.40. The zero-order valence-corrected chi connectivity index (χ0v) is 11.8. The Labute approximate surface area is 108 Å². The Morgan fingerprint density at radius 3 is 2.12 bits per heavy atom. The molecular formula is C14H18Cl2. The lowest BCUT2D eigenvalue weighted by molar-refractivity contribution is 0.314. The Morgan fingerprint density at radius 1 is 1.19 bits per heavy atom. The summed E-state index contributed by atoms with van der Waals surface area (Å²) in [6, 6.07) is 8.48. The minimum absolute atomic E-state index is 0.00183. The van der Waals surface area contributed by atoms with Crippen molar-refractivity contribution >= 4 is 23.2 Å². The van der Waals surface area contributed by atoms with Gasteiger partial charge in [0.1, 0.15) is 4.33 Å². The van der Waals surface area contributed by atoms with Crippen molar-refractivity contribution in [3.8, 4) is 0 Å². The second-order valence-corrected chi connectivity index (χ2v) is 7.14. The van der Waals surface area contributed by atoms with Gasteiger partial charge in [0.15, 0.2) is 0 Å². The fourth-order valence-corrected chi connectivity index (χ4v) is 3.66. The lowest BCUT2D eigenvalue weighted by Gasteiger charge is -2.35. The maximum absolute atomic E-state index is 6.30. The molecule has 0 radical (unpaired) electrons. The number of alkyl halides is 2. The molecule has 1 unspecified atom stereocenters. The summed E-state index contributed by atoms with van der Waals surface area (Å²) in [6.45, 7) is 8.80. The first-order valence-electron chi connectivity index (χ1n) is 5.66. The molecule has 1 fully saturated rings. The van der Waals surface area contributed by atoms with Crippen LogP contribution in [0.25, 0.3) is 0 Å². The molecule has 88 valence electrons. The van der Waals surface area contributed by atoms with Crippen LogP contribution in [0.15, 0.2) is 24.3 Å². The van der Waals surface area contributed by atoms with Crippen LogP contribution in [-0.4, -0.2) is 4.33 Å². The number of aryl methyl sites for hydroxylation is 1. The molecule has 1 aliphatic rings. The van der Waals surface area contributed by atoms with Gasteiger partial charge in [0.2, 0.25) is 0 Å². The van der Waals surface area contributed by atoms with E-state index in [0.29, 0.717) is 0 Å². The van der Waals surface area contributed by atoms with Crippen molar-refractivity contribution in [1.29, 1.82) is 0 Å². The Morgan fingerprint density at radius 2 is 1.69 bits per heavy atom. The zero-order valence-electron chi connectivity index (χ0n) is 10.3. The van der Waals surface area contributed by atoms with Gasteiger partial charge in [0.25, 0.3) is 0 Å². The van der Waals surface area contributed by atoms with E-state index in [1.807, 2.05) is 0 Å². The van der Waals surface area contributed by atoms with Crippen LogP contribution in [0.4, 0.5) is 0 Å². The van der Waals surface area contributed by atoms with E-state index in [1.54, 1.807) is 0 Å². The van der Waals surface area contributed by atoms with Crippen LogP contribution in [0.1, 0.15) is 38.3 Å². The molecule has 1 atom stereocenters. The van der Waals surface area contributed by atoms with Gasteiger partial charge in [-0.05, 0) is 29.9 Å². The van der Waals surface area contributed by atoms with E-state index < -0.39 is 4.33 Å². The molecule has 1 aliphatic carbocycles. The Bertz CT molecular complexity index is 420. The van der Waals surface area contributed by atoms with E-state index in [4.69, 9.17) is 23.2 Å². The third-order valence-corrected chi connectivity index (χ3v) is 5.56.